The van der Waals surface area contributed by atoms with Crippen molar-refractivity contribution in [3.63, 3.8) is 0 Å². The van der Waals surface area contributed by atoms with Gasteiger partial charge in [-0.05, 0) is 20.4 Å². The highest BCUT2D eigenvalue weighted by atomic mass is 32.1. The maximum atomic E-state index is 11.0. The smallest absolute Gasteiger partial charge is 0.310 e. The highest BCUT2D eigenvalue weighted by Crippen LogP contribution is 2.17. The molecule has 4 nitrogen and oxygen atoms in total. The first-order valence-corrected chi connectivity index (χ1v) is 5.86. The van der Waals surface area contributed by atoms with Crippen LogP contribution in [0.5, 0.6) is 0 Å². The van der Waals surface area contributed by atoms with Gasteiger partial charge >= 0.3 is 5.97 Å². The molecule has 0 aliphatic carbocycles. The van der Waals surface area contributed by atoms with Crippen molar-refractivity contribution in [1.29, 1.82) is 0 Å². The summed E-state index contributed by atoms with van der Waals surface area (Å²) in [4.78, 5) is 13.6. The number of carboxylic acids is 1. The van der Waals surface area contributed by atoms with E-state index >= 15 is 0 Å². The predicted molar refractivity (Wildman–Crippen MR) is 69.5 cm³/mol. The van der Waals surface area contributed by atoms with Gasteiger partial charge in [-0.1, -0.05) is 26.1 Å². The van der Waals surface area contributed by atoms with Crippen molar-refractivity contribution in [1.82, 2.24) is 4.90 Å². The summed E-state index contributed by atoms with van der Waals surface area (Å²) in [7, 11) is 0. The highest BCUT2D eigenvalue weighted by molar-refractivity contribution is 7.80. The zero-order valence-electron chi connectivity index (χ0n) is 10.5. The number of nitrogens with two attached hydrogens (primary N) is 1. The average molecular weight is 246 g/mol. The maximum Gasteiger partial charge on any atom is 0.310 e. The Kier molecular flexibility index (Phi) is 5.89. The molecule has 0 aliphatic rings. The van der Waals surface area contributed by atoms with Crippen molar-refractivity contribution in [2.75, 3.05) is 19.6 Å². The number of aliphatic carboxylic acids is 1. The topological polar surface area (TPSA) is 66.6 Å². The van der Waals surface area contributed by atoms with Crippen LogP contribution in [0.25, 0.3) is 0 Å². The molecule has 0 bridgehead atoms. The fourth-order valence-electron chi connectivity index (χ4n) is 1.41. The van der Waals surface area contributed by atoms with Crippen molar-refractivity contribution in [3.8, 4) is 0 Å². The Labute approximate surface area is 103 Å². The second-order valence-corrected chi connectivity index (χ2v) is 5.29. The second-order valence-electron chi connectivity index (χ2n) is 4.82. The largest absolute Gasteiger partial charge is 0.481 e. The molecule has 0 fully saturated rings. The number of nitrogens with zero attached hydrogens (tertiary/aromatic N) is 1. The van der Waals surface area contributed by atoms with Crippen LogP contribution >= 0.6 is 12.2 Å². The van der Waals surface area contributed by atoms with Gasteiger partial charge in [0, 0.05) is 19.0 Å². The maximum absolute atomic E-state index is 11.0. The summed E-state index contributed by atoms with van der Waals surface area (Å²) in [5, 5.41) is 9.05. The zero-order chi connectivity index (χ0) is 12.9. The van der Waals surface area contributed by atoms with E-state index in [1.54, 1.807) is 13.8 Å². The number of hydrogen-bond donors (Lipinski definition) is 2. The molecule has 0 heterocycles. The van der Waals surface area contributed by atoms with E-state index < -0.39 is 11.4 Å². The van der Waals surface area contributed by atoms with Gasteiger partial charge in [-0.3, -0.25) is 4.79 Å². The van der Waals surface area contributed by atoms with Gasteiger partial charge in [-0.2, -0.15) is 0 Å². The fraction of sp³-hybridized carbons (Fsp3) is 0.818. The van der Waals surface area contributed by atoms with E-state index in [1.165, 1.54) is 0 Å². The van der Waals surface area contributed by atoms with Gasteiger partial charge in [0.1, 0.15) is 0 Å². The first-order chi connectivity index (χ1) is 7.20. The minimum absolute atomic E-state index is 0.111. The number of rotatable bonds is 7. The normalized spacial score (nSPS) is 13.8. The standard InChI is InChI=1S/C11H22N2O2S/c1-5-13(6-8(2)9(12)16)7-11(3,4)10(14)15/h8H,5-7H2,1-4H3,(H2,12,16)(H,14,15). The molecule has 0 saturated heterocycles. The van der Waals surface area contributed by atoms with E-state index in [1.807, 2.05) is 13.8 Å². The van der Waals surface area contributed by atoms with Crippen LogP contribution in [0, 0.1) is 11.3 Å². The van der Waals surface area contributed by atoms with Crippen LogP contribution in [-0.4, -0.2) is 40.6 Å². The van der Waals surface area contributed by atoms with Crippen molar-refractivity contribution >= 4 is 23.2 Å². The van der Waals surface area contributed by atoms with Crippen LogP contribution in [0.3, 0.4) is 0 Å². The molecule has 0 spiro atoms. The van der Waals surface area contributed by atoms with Gasteiger partial charge in [0.15, 0.2) is 0 Å². The summed E-state index contributed by atoms with van der Waals surface area (Å²) in [6.07, 6.45) is 0. The molecule has 1 atom stereocenters. The molecule has 0 saturated carbocycles. The first-order valence-electron chi connectivity index (χ1n) is 5.45. The van der Waals surface area contributed by atoms with Gasteiger partial charge in [0.05, 0.1) is 10.4 Å². The van der Waals surface area contributed by atoms with Crippen LogP contribution in [0.2, 0.25) is 0 Å². The van der Waals surface area contributed by atoms with Crippen LogP contribution in [0.15, 0.2) is 0 Å². The van der Waals surface area contributed by atoms with E-state index in [-0.39, 0.29) is 5.92 Å². The van der Waals surface area contributed by atoms with E-state index in [0.717, 1.165) is 6.54 Å². The molecule has 3 N–H and O–H groups in total. The third-order valence-electron chi connectivity index (χ3n) is 2.66. The number of thiocarbonyl (C=S) groups is 1. The van der Waals surface area contributed by atoms with Gasteiger partial charge in [0.25, 0.3) is 0 Å². The van der Waals surface area contributed by atoms with Crippen LogP contribution in [0.4, 0.5) is 0 Å². The molecule has 0 aromatic rings. The molecule has 0 aliphatic heterocycles. The SMILES string of the molecule is CCN(CC(C)C(N)=S)CC(C)(C)C(=O)O. The summed E-state index contributed by atoms with van der Waals surface area (Å²) in [5.74, 6) is -0.673. The lowest BCUT2D eigenvalue weighted by atomic mass is 9.92. The molecular formula is C11H22N2O2S. The third kappa shape index (κ3) is 4.90. The Hall–Kier alpha value is -0.680. The molecule has 94 valence electrons. The summed E-state index contributed by atoms with van der Waals surface area (Å²) < 4.78 is 0. The minimum atomic E-state index is -0.783. The van der Waals surface area contributed by atoms with Gasteiger partial charge < -0.3 is 15.7 Å². The number of carboxylic acid groups (broad SMARTS) is 1. The predicted octanol–water partition coefficient (Wildman–Crippen LogP) is 1.34. The fourth-order valence-corrected chi connectivity index (χ4v) is 1.48. The molecule has 0 rings (SSSR count). The molecule has 0 amide bonds. The molecule has 16 heavy (non-hydrogen) atoms. The van der Waals surface area contributed by atoms with Crippen molar-refractivity contribution in [2.45, 2.75) is 27.7 Å². The lowest BCUT2D eigenvalue weighted by Gasteiger charge is -2.30. The quantitative estimate of drug-likeness (QED) is 0.664. The summed E-state index contributed by atoms with van der Waals surface area (Å²) in [6.45, 7) is 9.42. The van der Waals surface area contributed by atoms with E-state index in [2.05, 4.69) is 4.90 Å². The van der Waals surface area contributed by atoms with Gasteiger partial charge in [0.2, 0.25) is 0 Å². The van der Waals surface area contributed by atoms with E-state index in [9.17, 15) is 4.79 Å². The number of carbonyl (C=O) groups is 1. The van der Waals surface area contributed by atoms with E-state index in [4.69, 9.17) is 23.1 Å². The molecule has 5 heteroatoms. The van der Waals surface area contributed by atoms with Crippen LogP contribution < -0.4 is 5.73 Å². The summed E-state index contributed by atoms with van der Waals surface area (Å²) in [6, 6.07) is 0. The van der Waals surface area contributed by atoms with Crippen molar-refractivity contribution in [2.24, 2.45) is 17.1 Å². The lowest BCUT2D eigenvalue weighted by molar-refractivity contribution is -0.148. The monoisotopic (exact) mass is 246 g/mol. The Morgan fingerprint density at radius 3 is 2.38 bits per heavy atom. The second kappa shape index (κ2) is 6.15. The van der Waals surface area contributed by atoms with Gasteiger partial charge in [-0.15, -0.1) is 0 Å². The zero-order valence-corrected chi connectivity index (χ0v) is 11.3. The van der Waals surface area contributed by atoms with Crippen LogP contribution in [-0.2, 0) is 4.79 Å². The Balaban J connectivity index is 4.42. The van der Waals surface area contributed by atoms with Crippen molar-refractivity contribution in [3.05, 3.63) is 0 Å². The first kappa shape index (κ1) is 15.3. The molecule has 0 radical (unpaired) electrons. The Morgan fingerprint density at radius 1 is 1.56 bits per heavy atom. The lowest BCUT2D eigenvalue weighted by Crippen LogP contribution is -2.42. The minimum Gasteiger partial charge on any atom is -0.481 e. The van der Waals surface area contributed by atoms with E-state index in [0.29, 0.717) is 18.1 Å². The number of hydrogen-bond acceptors (Lipinski definition) is 3. The molecule has 0 aromatic heterocycles. The van der Waals surface area contributed by atoms with Gasteiger partial charge in [-0.25, -0.2) is 0 Å². The molecule has 0 aromatic carbocycles. The van der Waals surface area contributed by atoms with Crippen LogP contribution in [0.1, 0.15) is 27.7 Å². The Morgan fingerprint density at radius 2 is 2.06 bits per heavy atom. The third-order valence-corrected chi connectivity index (χ3v) is 3.07. The van der Waals surface area contributed by atoms with Crippen molar-refractivity contribution < 1.29 is 9.90 Å². The molecular weight excluding hydrogens is 224 g/mol. The summed E-state index contributed by atoms with van der Waals surface area (Å²) >= 11 is 4.91. The average Bonchev–Trinajstić information content (AvgIpc) is 2.15. The summed E-state index contributed by atoms with van der Waals surface area (Å²) in [5.41, 5.74) is 4.81. The molecule has 1 unspecified atom stereocenters. The Bertz CT molecular complexity index is 267. The highest BCUT2D eigenvalue weighted by Gasteiger charge is 2.29.